The summed E-state index contributed by atoms with van der Waals surface area (Å²) in [5.74, 6) is 0. The molecular weight excluding hydrogens is 226 g/mol. The molecule has 1 rings (SSSR count). The second kappa shape index (κ2) is 8.71. The molecule has 0 aromatic carbocycles. The topological polar surface area (TPSA) is 26.0 Å². The SMILES string of the molecule is CCCCCCCCCC(N)c1ccsc1C. The molecule has 0 saturated carbocycles. The molecule has 17 heavy (non-hydrogen) atoms. The Morgan fingerprint density at radius 3 is 2.35 bits per heavy atom. The van der Waals surface area contributed by atoms with Crippen LogP contribution in [0.15, 0.2) is 11.4 Å². The molecule has 98 valence electrons. The van der Waals surface area contributed by atoms with Gasteiger partial charge in [0.25, 0.3) is 0 Å². The molecule has 0 aliphatic rings. The fourth-order valence-corrected chi connectivity index (χ4v) is 3.03. The number of aryl methyl sites for hydroxylation is 1. The van der Waals surface area contributed by atoms with Gasteiger partial charge in [-0.1, -0.05) is 51.9 Å². The van der Waals surface area contributed by atoms with Crippen molar-refractivity contribution in [3.63, 3.8) is 0 Å². The van der Waals surface area contributed by atoms with E-state index in [0.717, 1.165) is 6.42 Å². The van der Waals surface area contributed by atoms with Crippen molar-refractivity contribution in [2.24, 2.45) is 5.73 Å². The van der Waals surface area contributed by atoms with Gasteiger partial charge in [0.1, 0.15) is 0 Å². The van der Waals surface area contributed by atoms with Gasteiger partial charge < -0.3 is 5.73 Å². The summed E-state index contributed by atoms with van der Waals surface area (Å²) >= 11 is 1.81. The fourth-order valence-electron chi connectivity index (χ4n) is 2.26. The minimum absolute atomic E-state index is 0.261. The van der Waals surface area contributed by atoms with Crippen LogP contribution >= 0.6 is 11.3 Å². The van der Waals surface area contributed by atoms with Crippen LogP contribution in [0.3, 0.4) is 0 Å². The predicted octanol–water partition coefficient (Wildman–Crippen LogP) is 5.20. The number of hydrogen-bond donors (Lipinski definition) is 1. The summed E-state index contributed by atoms with van der Waals surface area (Å²) < 4.78 is 0. The Labute approximate surface area is 110 Å². The van der Waals surface area contributed by atoms with E-state index in [1.807, 2.05) is 0 Å². The Balaban J connectivity index is 2.05. The van der Waals surface area contributed by atoms with Crippen molar-refractivity contribution in [2.75, 3.05) is 0 Å². The molecule has 1 aromatic rings. The molecule has 0 radical (unpaired) electrons. The van der Waals surface area contributed by atoms with Crippen LogP contribution in [0.2, 0.25) is 0 Å². The van der Waals surface area contributed by atoms with E-state index < -0.39 is 0 Å². The molecule has 1 atom stereocenters. The number of hydrogen-bond acceptors (Lipinski definition) is 2. The highest BCUT2D eigenvalue weighted by molar-refractivity contribution is 7.10. The normalized spacial score (nSPS) is 12.9. The van der Waals surface area contributed by atoms with Crippen molar-refractivity contribution in [1.82, 2.24) is 0 Å². The van der Waals surface area contributed by atoms with Crippen LogP contribution in [0, 0.1) is 6.92 Å². The molecule has 0 saturated heterocycles. The van der Waals surface area contributed by atoms with Crippen molar-refractivity contribution in [1.29, 1.82) is 0 Å². The molecule has 2 heteroatoms. The highest BCUT2D eigenvalue weighted by Crippen LogP contribution is 2.24. The molecule has 0 aliphatic heterocycles. The lowest BCUT2D eigenvalue weighted by atomic mass is 10.0. The summed E-state index contributed by atoms with van der Waals surface area (Å²) in [7, 11) is 0. The Hall–Kier alpha value is -0.340. The van der Waals surface area contributed by atoms with E-state index in [1.54, 1.807) is 11.3 Å². The first-order chi connectivity index (χ1) is 8.25. The van der Waals surface area contributed by atoms with Crippen LogP contribution in [-0.2, 0) is 0 Å². The van der Waals surface area contributed by atoms with Gasteiger partial charge in [0, 0.05) is 10.9 Å². The van der Waals surface area contributed by atoms with E-state index >= 15 is 0 Å². The van der Waals surface area contributed by atoms with Gasteiger partial charge in [0.05, 0.1) is 0 Å². The van der Waals surface area contributed by atoms with E-state index in [2.05, 4.69) is 25.3 Å². The Bertz CT molecular complexity index is 293. The number of thiophene rings is 1. The second-order valence-electron chi connectivity index (χ2n) is 4.95. The molecule has 0 spiro atoms. The zero-order chi connectivity index (χ0) is 12.5. The lowest BCUT2D eigenvalue weighted by Gasteiger charge is -2.11. The number of rotatable bonds is 9. The third-order valence-corrected chi connectivity index (χ3v) is 4.28. The third kappa shape index (κ3) is 5.69. The van der Waals surface area contributed by atoms with Gasteiger partial charge >= 0.3 is 0 Å². The highest BCUT2D eigenvalue weighted by atomic mass is 32.1. The van der Waals surface area contributed by atoms with Crippen molar-refractivity contribution in [3.05, 3.63) is 21.9 Å². The summed E-state index contributed by atoms with van der Waals surface area (Å²) in [4.78, 5) is 1.39. The third-order valence-electron chi connectivity index (χ3n) is 3.42. The predicted molar refractivity (Wildman–Crippen MR) is 78.6 cm³/mol. The molecule has 1 aromatic heterocycles. The molecule has 0 fully saturated rings. The first kappa shape index (κ1) is 14.7. The molecular formula is C15H27NS. The first-order valence-corrected chi connectivity index (χ1v) is 7.93. The summed E-state index contributed by atoms with van der Waals surface area (Å²) in [6.07, 6.45) is 10.7. The van der Waals surface area contributed by atoms with E-state index in [-0.39, 0.29) is 6.04 Å². The van der Waals surface area contributed by atoms with Crippen LogP contribution in [0.4, 0.5) is 0 Å². The largest absolute Gasteiger partial charge is 0.324 e. The van der Waals surface area contributed by atoms with Crippen LogP contribution in [0.1, 0.15) is 74.8 Å². The van der Waals surface area contributed by atoms with Gasteiger partial charge in [-0.05, 0) is 30.4 Å². The molecule has 0 aliphatic carbocycles. The summed E-state index contributed by atoms with van der Waals surface area (Å²) in [6.45, 7) is 4.44. The lowest BCUT2D eigenvalue weighted by Crippen LogP contribution is -2.10. The Kier molecular flexibility index (Phi) is 7.54. The summed E-state index contributed by atoms with van der Waals surface area (Å²) in [6, 6.07) is 2.45. The van der Waals surface area contributed by atoms with Gasteiger partial charge in [-0.15, -0.1) is 11.3 Å². The van der Waals surface area contributed by atoms with Gasteiger partial charge in [-0.25, -0.2) is 0 Å². The molecule has 1 unspecified atom stereocenters. The first-order valence-electron chi connectivity index (χ1n) is 7.05. The Morgan fingerprint density at radius 2 is 1.76 bits per heavy atom. The van der Waals surface area contributed by atoms with E-state index in [0.29, 0.717) is 0 Å². The lowest BCUT2D eigenvalue weighted by molar-refractivity contribution is 0.541. The average molecular weight is 253 g/mol. The van der Waals surface area contributed by atoms with Gasteiger partial charge in [0.2, 0.25) is 0 Å². The molecule has 1 heterocycles. The second-order valence-corrected chi connectivity index (χ2v) is 6.07. The van der Waals surface area contributed by atoms with Crippen molar-refractivity contribution >= 4 is 11.3 Å². The maximum atomic E-state index is 6.21. The quantitative estimate of drug-likeness (QED) is 0.602. The highest BCUT2D eigenvalue weighted by Gasteiger charge is 2.08. The minimum Gasteiger partial charge on any atom is -0.324 e. The van der Waals surface area contributed by atoms with Gasteiger partial charge in [-0.2, -0.15) is 0 Å². The molecule has 1 nitrogen and oxygen atoms in total. The standard InChI is InChI=1S/C15H27NS/c1-3-4-5-6-7-8-9-10-15(16)14-11-12-17-13(14)2/h11-12,15H,3-10,16H2,1-2H3. The van der Waals surface area contributed by atoms with Crippen molar-refractivity contribution < 1.29 is 0 Å². The average Bonchev–Trinajstić information content (AvgIpc) is 2.74. The van der Waals surface area contributed by atoms with Crippen LogP contribution in [-0.4, -0.2) is 0 Å². The zero-order valence-electron chi connectivity index (χ0n) is 11.4. The monoisotopic (exact) mass is 253 g/mol. The fraction of sp³-hybridized carbons (Fsp3) is 0.733. The number of nitrogens with two attached hydrogens (primary N) is 1. The van der Waals surface area contributed by atoms with Gasteiger partial charge in [0.15, 0.2) is 0 Å². The zero-order valence-corrected chi connectivity index (χ0v) is 12.2. The molecule has 0 bridgehead atoms. The van der Waals surface area contributed by atoms with Gasteiger partial charge in [-0.3, -0.25) is 0 Å². The van der Waals surface area contributed by atoms with Crippen LogP contribution in [0.5, 0.6) is 0 Å². The Morgan fingerprint density at radius 1 is 1.12 bits per heavy atom. The molecule has 0 amide bonds. The minimum atomic E-state index is 0.261. The number of unbranched alkanes of at least 4 members (excludes halogenated alkanes) is 6. The van der Waals surface area contributed by atoms with Crippen molar-refractivity contribution in [2.45, 2.75) is 71.3 Å². The maximum absolute atomic E-state index is 6.21. The summed E-state index contributed by atoms with van der Waals surface area (Å²) in [5.41, 5.74) is 7.57. The van der Waals surface area contributed by atoms with E-state index in [1.165, 1.54) is 55.4 Å². The smallest absolute Gasteiger partial charge is 0.0305 e. The van der Waals surface area contributed by atoms with E-state index in [4.69, 9.17) is 5.73 Å². The van der Waals surface area contributed by atoms with Crippen LogP contribution in [0.25, 0.3) is 0 Å². The maximum Gasteiger partial charge on any atom is 0.0305 e. The van der Waals surface area contributed by atoms with Crippen LogP contribution < -0.4 is 5.73 Å². The van der Waals surface area contributed by atoms with E-state index in [9.17, 15) is 0 Å². The van der Waals surface area contributed by atoms with Crippen molar-refractivity contribution in [3.8, 4) is 0 Å². The summed E-state index contributed by atoms with van der Waals surface area (Å²) in [5, 5.41) is 2.15. The molecule has 2 N–H and O–H groups in total.